The molecule has 1 heterocycles. The third-order valence-corrected chi connectivity index (χ3v) is 3.18. The number of halogens is 1. The van der Waals surface area contributed by atoms with Gasteiger partial charge in [0.2, 0.25) is 0 Å². The Bertz CT molecular complexity index is 262. The van der Waals surface area contributed by atoms with E-state index in [0.29, 0.717) is 5.92 Å². The van der Waals surface area contributed by atoms with Crippen molar-refractivity contribution < 1.29 is 4.74 Å². The average Bonchev–Trinajstić information content (AvgIpc) is 2.71. The molecular formula is C11H13BrO. The van der Waals surface area contributed by atoms with E-state index in [-0.39, 0.29) is 0 Å². The summed E-state index contributed by atoms with van der Waals surface area (Å²) in [5.41, 5.74) is 2.75. The number of rotatable bonds is 2. The average molecular weight is 241 g/mol. The van der Waals surface area contributed by atoms with Crippen molar-refractivity contribution in [2.24, 2.45) is 0 Å². The fourth-order valence-electron chi connectivity index (χ4n) is 1.68. The molecule has 1 nitrogen and oxygen atoms in total. The Kier molecular flexibility index (Phi) is 3.01. The van der Waals surface area contributed by atoms with E-state index in [1.165, 1.54) is 17.5 Å². The minimum absolute atomic E-state index is 0.629. The molecule has 0 saturated carbocycles. The van der Waals surface area contributed by atoms with Crippen LogP contribution < -0.4 is 0 Å². The lowest BCUT2D eigenvalue weighted by molar-refractivity contribution is 0.194. The molecule has 1 aromatic carbocycles. The van der Waals surface area contributed by atoms with Crippen LogP contribution in [-0.4, -0.2) is 13.2 Å². The predicted molar refractivity (Wildman–Crippen MR) is 57.3 cm³/mol. The molecule has 1 fully saturated rings. The van der Waals surface area contributed by atoms with Gasteiger partial charge in [-0.3, -0.25) is 0 Å². The van der Waals surface area contributed by atoms with Crippen molar-refractivity contribution in [2.45, 2.75) is 17.7 Å². The van der Waals surface area contributed by atoms with Crippen molar-refractivity contribution in [3.05, 3.63) is 35.4 Å². The lowest BCUT2D eigenvalue weighted by atomic mass is 9.98. The Balaban J connectivity index is 2.12. The Morgan fingerprint density at radius 1 is 1.31 bits per heavy atom. The molecule has 0 aromatic heterocycles. The van der Waals surface area contributed by atoms with Crippen molar-refractivity contribution in [3.63, 3.8) is 0 Å². The summed E-state index contributed by atoms with van der Waals surface area (Å²) in [5.74, 6) is 0.629. The normalized spacial score (nSPS) is 22.1. The van der Waals surface area contributed by atoms with Crippen LogP contribution in [0.3, 0.4) is 0 Å². The van der Waals surface area contributed by atoms with Crippen LogP contribution in [0, 0.1) is 0 Å². The lowest BCUT2D eigenvalue weighted by Crippen LogP contribution is -1.96. The third kappa shape index (κ3) is 2.12. The first-order chi connectivity index (χ1) is 6.40. The van der Waals surface area contributed by atoms with Crippen molar-refractivity contribution in [1.82, 2.24) is 0 Å². The van der Waals surface area contributed by atoms with E-state index in [9.17, 15) is 0 Å². The summed E-state index contributed by atoms with van der Waals surface area (Å²) in [6.07, 6.45) is 1.17. The SMILES string of the molecule is BrCc1ccc(C2CCOC2)cc1. The molecule has 0 bridgehead atoms. The molecule has 0 N–H and O–H groups in total. The van der Waals surface area contributed by atoms with Crippen LogP contribution in [0.4, 0.5) is 0 Å². The fraction of sp³-hybridized carbons (Fsp3) is 0.455. The van der Waals surface area contributed by atoms with Crippen LogP contribution in [-0.2, 0) is 10.1 Å². The van der Waals surface area contributed by atoms with Crippen molar-refractivity contribution in [2.75, 3.05) is 13.2 Å². The van der Waals surface area contributed by atoms with Crippen LogP contribution in [0.25, 0.3) is 0 Å². The summed E-state index contributed by atoms with van der Waals surface area (Å²) >= 11 is 3.44. The van der Waals surface area contributed by atoms with Gasteiger partial charge in [-0.15, -0.1) is 0 Å². The molecule has 13 heavy (non-hydrogen) atoms. The number of alkyl halides is 1. The second-order valence-electron chi connectivity index (χ2n) is 3.44. The first-order valence-corrected chi connectivity index (χ1v) is 5.75. The van der Waals surface area contributed by atoms with Crippen LogP contribution >= 0.6 is 15.9 Å². The molecule has 1 atom stereocenters. The van der Waals surface area contributed by atoms with Gasteiger partial charge in [0, 0.05) is 17.9 Å². The van der Waals surface area contributed by atoms with Gasteiger partial charge in [-0.1, -0.05) is 40.2 Å². The van der Waals surface area contributed by atoms with Gasteiger partial charge >= 0.3 is 0 Å². The van der Waals surface area contributed by atoms with Gasteiger partial charge in [-0.25, -0.2) is 0 Å². The molecule has 0 spiro atoms. The topological polar surface area (TPSA) is 9.23 Å². The van der Waals surface area contributed by atoms with E-state index in [0.717, 1.165) is 18.5 Å². The zero-order valence-corrected chi connectivity index (χ0v) is 9.09. The molecule has 0 aliphatic carbocycles. The summed E-state index contributed by atoms with van der Waals surface area (Å²) in [7, 11) is 0. The smallest absolute Gasteiger partial charge is 0.0535 e. The van der Waals surface area contributed by atoms with E-state index < -0.39 is 0 Å². The minimum atomic E-state index is 0.629. The lowest BCUT2D eigenvalue weighted by Gasteiger charge is -2.07. The highest BCUT2D eigenvalue weighted by Crippen LogP contribution is 2.25. The minimum Gasteiger partial charge on any atom is -0.381 e. The van der Waals surface area contributed by atoms with Crippen LogP contribution in [0.1, 0.15) is 23.5 Å². The number of hydrogen-bond donors (Lipinski definition) is 0. The maximum absolute atomic E-state index is 5.36. The number of ether oxygens (including phenoxy) is 1. The molecule has 2 rings (SSSR count). The zero-order chi connectivity index (χ0) is 9.10. The third-order valence-electron chi connectivity index (χ3n) is 2.54. The zero-order valence-electron chi connectivity index (χ0n) is 7.50. The first kappa shape index (κ1) is 9.22. The van der Waals surface area contributed by atoms with Gasteiger partial charge in [0.1, 0.15) is 0 Å². The first-order valence-electron chi connectivity index (χ1n) is 4.62. The summed E-state index contributed by atoms with van der Waals surface area (Å²) in [4.78, 5) is 0. The second-order valence-corrected chi connectivity index (χ2v) is 4.00. The maximum Gasteiger partial charge on any atom is 0.0535 e. The Hall–Kier alpha value is -0.340. The quantitative estimate of drug-likeness (QED) is 0.723. The van der Waals surface area contributed by atoms with Gasteiger partial charge < -0.3 is 4.74 Å². The molecule has 1 aromatic rings. The second kappa shape index (κ2) is 4.25. The summed E-state index contributed by atoms with van der Waals surface area (Å²) in [6, 6.07) is 8.80. The van der Waals surface area contributed by atoms with E-state index in [4.69, 9.17) is 4.74 Å². The Morgan fingerprint density at radius 2 is 2.08 bits per heavy atom. The highest BCUT2D eigenvalue weighted by molar-refractivity contribution is 9.08. The highest BCUT2D eigenvalue weighted by Gasteiger charge is 2.16. The van der Waals surface area contributed by atoms with Crippen molar-refractivity contribution in [3.8, 4) is 0 Å². The van der Waals surface area contributed by atoms with Crippen LogP contribution in [0.2, 0.25) is 0 Å². The van der Waals surface area contributed by atoms with Gasteiger partial charge in [-0.05, 0) is 17.5 Å². The molecular weight excluding hydrogens is 228 g/mol. The Morgan fingerprint density at radius 3 is 2.62 bits per heavy atom. The molecule has 1 saturated heterocycles. The van der Waals surface area contributed by atoms with Crippen LogP contribution in [0.5, 0.6) is 0 Å². The molecule has 1 unspecified atom stereocenters. The van der Waals surface area contributed by atoms with Gasteiger partial charge in [-0.2, -0.15) is 0 Å². The maximum atomic E-state index is 5.36. The summed E-state index contributed by atoms with van der Waals surface area (Å²) in [6.45, 7) is 1.82. The molecule has 2 heteroatoms. The van der Waals surface area contributed by atoms with Gasteiger partial charge in [0.05, 0.1) is 6.61 Å². The van der Waals surface area contributed by atoms with Crippen LogP contribution in [0.15, 0.2) is 24.3 Å². The fourth-order valence-corrected chi connectivity index (χ4v) is 2.05. The van der Waals surface area contributed by atoms with E-state index in [1.807, 2.05) is 0 Å². The molecule has 1 aliphatic heterocycles. The van der Waals surface area contributed by atoms with E-state index in [2.05, 4.69) is 40.2 Å². The standard InChI is InChI=1S/C11H13BrO/c12-7-9-1-3-10(4-2-9)11-5-6-13-8-11/h1-4,11H,5-8H2. The monoisotopic (exact) mass is 240 g/mol. The molecule has 70 valence electrons. The molecule has 0 amide bonds. The number of benzene rings is 1. The summed E-state index contributed by atoms with van der Waals surface area (Å²) < 4.78 is 5.36. The Labute approximate surface area is 87.2 Å². The van der Waals surface area contributed by atoms with E-state index >= 15 is 0 Å². The van der Waals surface area contributed by atoms with E-state index in [1.54, 1.807) is 0 Å². The highest BCUT2D eigenvalue weighted by atomic mass is 79.9. The largest absolute Gasteiger partial charge is 0.381 e. The number of hydrogen-bond acceptors (Lipinski definition) is 1. The van der Waals surface area contributed by atoms with Gasteiger partial charge in [0.15, 0.2) is 0 Å². The summed E-state index contributed by atoms with van der Waals surface area (Å²) in [5, 5.41) is 0.939. The van der Waals surface area contributed by atoms with Crippen molar-refractivity contribution >= 4 is 15.9 Å². The van der Waals surface area contributed by atoms with Crippen molar-refractivity contribution in [1.29, 1.82) is 0 Å². The molecule has 0 radical (unpaired) electrons. The predicted octanol–water partition coefficient (Wildman–Crippen LogP) is 3.09. The molecule has 1 aliphatic rings. The van der Waals surface area contributed by atoms with Gasteiger partial charge in [0.25, 0.3) is 0 Å².